The minimum Gasteiger partial charge on any atom is -0.121 e. The van der Waals surface area contributed by atoms with Crippen molar-refractivity contribution in [2.24, 2.45) is 11.8 Å². The van der Waals surface area contributed by atoms with Gasteiger partial charge in [0, 0.05) is 16.6 Å². The van der Waals surface area contributed by atoms with Gasteiger partial charge in [0.05, 0.1) is 0 Å². The fraction of sp³-hybridized carbons (Fsp3) is 0.135. The molecule has 0 N–H and O–H groups in total. The average molecular weight is 511 g/mol. The van der Waals surface area contributed by atoms with Gasteiger partial charge in [-0.15, -0.1) is 11.8 Å². The molecule has 0 nitrogen and oxygen atoms in total. The predicted molar refractivity (Wildman–Crippen MR) is 173 cm³/mol. The smallest absolute Gasteiger partial charge is 0.0164 e. The maximum absolute atomic E-state index is 4.49. The monoisotopic (exact) mass is 510 g/mol. The molecule has 2 unspecified atom stereocenters. The number of hydrogen-bond acceptors (Lipinski definition) is 1. The molecule has 1 aliphatic heterocycles. The summed E-state index contributed by atoms with van der Waals surface area (Å²) in [7, 11) is 0. The van der Waals surface area contributed by atoms with Gasteiger partial charge in [-0.3, -0.25) is 0 Å². The van der Waals surface area contributed by atoms with Crippen molar-refractivity contribution in [1.29, 1.82) is 0 Å². The predicted octanol–water partition coefficient (Wildman–Crippen LogP) is 10.7. The summed E-state index contributed by atoms with van der Waals surface area (Å²) in [6.45, 7) is 19.2. The zero-order valence-corrected chi connectivity index (χ0v) is 22.9. The van der Waals surface area contributed by atoms with Gasteiger partial charge in [0.15, 0.2) is 0 Å². The van der Waals surface area contributed by atoms with Gasteiger partial charge in [0.1, 0.15) is 0 Å². The van der Waals surface area contributed by atoms with E-state index in [-0.39, 0.29) is 11.8 Å². The van der Waals surface area contributed by atoms with Crippen LogP contribution >= 0.6 is 11.8 Å². The Labute approximate surface area is 231 Å². The van der Waals surface area contributed by atoms with Crippen molar-refractivity contribution in [3.63, 3.8) is 0 Å². The van der Waals surface area contributed by atoms with Crippen LogP contribution in [0.25, 0.3) is 39.3 Å². The third-order valence-corrected chi connectivity index (χ3v) is 8.81. The molecule has 0 fully saturated rings. The normalized spacial score (nSPS) is 22.7. The number of hydrogen-bond donors (Lipinski definition) is 0. The molecule has 188 valence electrons. The molecule has 0 bridgehead atoms. The van der Waals surface area contributed by atoms with Crippen molar-refractivity contribution in [3.8, 4) is 0 Å². The molecule has 2 aliphatic rings. The molecule has 38 heavy (non-hydrogen) atoms. The van der Waals surface area contributed by atoms with Crippen LogP contribution in [0.1, 0.15) is 30.0 Å². The molecule has 5 rings (SSSR count). The lowest BCUT2D eigenvalue weighted by Crippen LogP contribution is -2.09. The first-order valence-electron chi connectivity index (χ1n) is 13.2. The Morgan fingerprint density at radius 2 is 1.61 bits per heavy atom. The van der Waals surface area contributed by atoms with Gasteiger partial charge in [-0.25, -0.2) is 0 Å². The van der Waals surface area contributed by atoms with Gasteiger partial charge in [0.25, 0.3) is 0 Å². The molecule has 1 aliphatic carbocycles. The Kier molecular flexibility index (Phi) is 7.67. The lowest BCUT2D eigenvalue weighted by atomic mass is 9.82. The summed E-state index contributed by atoms with van der Waals surface area (Å²) in [6, 6.07) is 15.4. The highest BCUT2D eigenvalue weighted by molar-refractivity contribution is 8.03. The average Bonchev–Trinajstić information content (AvgIpc) is 3.03. The van der Waals surface area contributed by atoms with Crippen molar-refractivity contribution < 1.29 is 0 Å². The summed E-state index contributed by atoms with van der Waals surface area (Å²) in [5.41, 5.74) is 7.29. The first kappa shape index (κ1) is 25.8. The van der Waals surface area contributed by atoms with Crippen LogP contribution in [0.4, 0.5) is 0 Å². The lowest BCUT2D eigenvalue weighted by Gasteiger charge is -2.25. The van der Waals surface area contributed by atoms with Gasteiger partial charge >= 0.3 is 0 Å². The Balaban J connectivity index is 1.57. The van der Waals surface area contributed by atoms with E-state index in [1.165, 1.54) is 48.7 Å². The largest absolute Gasteiger partial charge is 0.121 e. The highest BCUT2D eigenvalue weighted by atomic mass is 32.2. The van der Waals surface area contributed by atoms with Gasteiger partial charge in [0.2, 0.25) is 0 Å². The van der Waals surface area contributed by atoms with Crippen molar-refractivity contribution >= 4 is 51.0 Å². The molecule has 0 amide bonds. The van der Waals surface area contributed by atoms with E-state index in [0.717, 1.165) is 23.3 Å². The van der Waals surface area contributed by atoms with Crippen LogP contribution in [0.3, 0.4) is 0 Å². The van der Waals surface area contributed by atoms with Crippen molar-refractivity contribution in [2.75, 3.05) is 5.75 Å². The molecular weight excluding hydrogens is 476 g/mol. The first-order valence-corrected chi connectivity index (χ1v) is 14.2. The minimum absolute atomic E-state index is 0.252. The summed E-state index contributed by atoms with van der Waals surface area (Å²) >= 11 is 1.87. The number of allylic oxidation sites excluding steroid dienone is 10. The molecule has 1 heterocycles. The second kappa shape index (κ2) is 11.3. The third kappa shape index (κ3) is 4.75. The maximum atomic E-state index is 4.49. The Morgan fingerprint density at radius 3 is 2.37 bits per heavy atom. The van der Waals surface area contributed by atoms with Crippen LogP contribution in [0.2, 0.25) is 0 Å². The van der Waals surface area contributed by atoms with Crippen LogP contribution in [-0.2, 0) is 0 Å². The number of benzene rings is 3. The van der Waals surface area contributed by atoms with E-state index in [9.17, 15) is 0 Å². The fourth-order valence-electron chi connectivity index (χ4n) is 5.58. The molecule has 0 aromatic heterocycles. The van der Waals surface area contributed by atoms with Crippen LogP contribution in [0, 0.1) is 11.8 Å². The molecule has 0 saturated heterocycles. The van der Waals surface area contributed by atoms with Gasteiger partial charge < -0.3 is 0 Å². The minimum atomic E-state index is 0.252. The second-order valence-electron chi connectivity index (χ2n) is 9.86. The number of rotatable bonds is 5. The van der Waals surface area contributed by atoms with E-state index in [1.54, 1.807) is 0 Å². The van der Waals surface area contributed by atoms with Crippen LogP contribution < -0.4 is 0 Å². The molecule has 2 atom stereocenters. The van der Waals surface area contributed by atoms with E-state index >= 15 is 0 Å². The topological polar surface area (TPSA) is 0 Å². The zero-order chi connectivity index (χ0) is 26.6. The maximum Gasteiger partial charge on any atom is 0.0164 e. The van der Waals surface area contributed by atoms with Crippen LogP contribution in [-0.4, -0.2) is 5.75 Å². The Morgan fingerprint density at radius 1 is 0.868 bits per heavy atom. The highest BCUT2D eigenvalue weighted by Crippen LogP contribution is 2.41. The molecule has 0 radical (unpaired) electrons. The van der Waals surface area contributed by atoms with E-state index in [1.807, 2.05) is 30.0 Å². The quantitative estimate of drug-likeness (QED) is 0.308. The first-order chi connectivity index (χ1) is 18.6. The fourth-order valence-corrected chi connectivity index (χ4v) is 6.73. The van der Waals surface area contributed by atoms with Crippen molar-refractivity contribution in [3.05, 3.63) is 150 Å². The van der Waals surface area contributed by atoms with E-state index in [0.29, 0.717) is 0 Å². The van der Waals surface area contributed by atoms with Gasteiger partial charge in [-0.05, 0) is 73.4 Å². The number of thioether (sulfide) groups is 1. The Bertz CT molecular complexity index is 1620. The van der Waals surface area contributed by atoms with Crippen LogP contribution in [0.15, 0.2) is 133 Å². The molecule has 3 aromatic rings. The summed E-state index contributed by atoms with van der Waals surface area (Å²) in [5.74, 6) is 1.46. The van der Waals surface area contributed by atoms with Gasteiger partial charge in [-0.1, -0.05) is 130 Å². The number of fused-ring (bicyclic) bond motifs is 3. The lowest BCUT2D eigenvalue weighted by molar-refractivity contribution is 0.790. The van der Waals surface area contributed by atoms with Crippen molar-refractivity contribution in [1.82, 2.24) is 0 Å². The standard InChI is InChI=1S/C37H34S/c1-6-30(37-26(5)25(4)15-10-9-13-22-38-37)29-17-14-16-27(23-29)28-20-21-35-34-19-12-11-18-33(34)31(7-2)32(8-3)36(35)24-28/h6-21,24-25,29H,1-3,5,22-23H2,4H3/b13-9-,15-10-,37-30-. The van der Waals surface area contributed by atoms with E-state index in [4.69, 9.17) is 0 Å². The molecule has 1 heteroatoms. The summed E-state index contributed by atoms with van der Waals surface area (Å²) in [4.78, 5) is 1.27. The Hall–Kier alpha value is -3.81. The highest BCUT2D eigenvalue weighted by Gasteiger charge is 2.22. The molecule has 0 spiro atoms. The van der Waals surface area contributed by atoms with Gasteiger partial charge in [-0.2, -0.15) is 0 Å². The third-order valence-electron chi connectivity index (χ3n) is 7.66. The summed E-state index contributed by atoms with van der Waals surface area (Å²) < 4.78 is 0. The molecule has 0 saturated carbocycles. The summed E-state index contributed by atoms with van der Waals surface area (Å²) in [6.07, 6.45) is 22.4. The second-order valence-corrected chi connectivity index (χ2v) is 10.9. The summed E-state index contributed by atoms with van der Waals surface area (Å²) in [5, 5.41) is 4.92. The van der Waals surface area contributed by atoms with Crippen molar-refractivity contribution in [2.45, 2.75) is 13.3 Å². The van der Waals surface area contributed by atoms with E-state index in [2.05, 4.69) is 118 Å². The van der Waals surface area contributed by atoms with E-state index < -0.39 is 0 Å². The zero-order valence-electron chi connectivity index (χ0n) is 22.1. The van der Waals surface area contributed by atoms with Crippen LogP contribution in [0.5, 0.6) is 0 Å². The SMILES string of the molecule is C=C/C(=C1/SC/C=C\C=C/C(C)C1=C)C1C=CC=C(c2ccc3c(c2)c(C=C)c(C=C)c2ccccc23)C1. The molecule has 3 aromatic carbocycles. The molecular formula is C37H34S.